The molecule has 1 aromatic heterocycles. The first-order chi connectivity index (χ1) is 17.0. The Kier molecular flexibility index (Phi) is 7.45. The van der Waals surface area contributed by atoms with Gasteiger partial charge in [-0.3, -0.25) is 9.48 Å². The molecule has 1 saturated heterocycles. The highest BCUT2D eigenvalue weighted by Gasteiger charge is 2.40. The molecule has 36 heavy (non-hydrogen) atoms. The molecule has 0 saturated carbocycles. The van der Waals surface area contributed by atoms with Gasteiger partial charge in [-0.05, 0) is 61.8 Å². The molecule has 2 aromatic rings. The molecule has 1 fully saturated rings. The van der Waals surface area contributed by atoms with E-state index in [0.29, 0.717) is 50.3 Å². The number of carbonyl (C=O) groups is 2. The third-order valence-corrected chi connectivity index (χ3v) is 7.04. The predicted molar refractivity (Wildman–Crippen MR) is 126 cm³/mol. The summed E-state index contributed by atoms with van der Waals surface area (Å²) >= 11 is 0. The molecule has 4 rings (SSSR count). The van der Waals surface area contributed by atoms with Crippen molar-refractivity contribution in [2.45, 2.75) is 59.2 Å². The van der Waals surface area contributed by atoms with Crippen molar-refractivity contribution >= 4 is 11.9 Å². The van der Waals surface area contributed by atoms with Gasteiger partial charge in [-0.15, -0.1) is 0 Å². The monoisotopic (exact) mass is 507 g/mol. The molecule has 3 heterocycles. The summed E-state index contributed by atoms with van der Waals surface area (Å²) in [6.45, 7) is 7.67. The summed E-state index contributed by atoms with van der Waals surface area (Å²) in [4.78, 5) is 25.5. The Morgan fingerprint density at radius 2 is 2.00 bits per heavy atom. The molecule has 1 atom stereocenters. The number of ether oxygens (including phenoxy) is 2. The van der Waals surface area contributed by atoms with Crippen LogP contribution in [0.5, 0.6) is 0 Å². The minimum Gasteiger partial charge on any atom is -0.462 e. The fraction of sp³-hybridized carbons (Fsp3) is 0.577. The van der Waals surface area contributed by atoms with Crippen LogP contribution in [0.25, 0.3) is 0 Å². The van der Waals surface area contributed by atoms with Gasteiger partial charge in [0, 0.05) is 32.2 Å². The molecule has 0 radical (unpaired) electrons. The lowest BCUT2D eigenvalue weighted by molar-refractivity contribution is -0.137. The zero-order valence-electron chi connectivity index (χ0n) is 20.8. The van der Waals surface area contributed by atoms with Crippen LogP contribution in [0.4, 0.5) is 13.2 Å². The van der Waals surface area contributed by atoms with Crippen molar-refractivity contribution in [2.75, 3.05) is 26.4 Å². The number of alkyl halides is 3. The number of benzene rings is 1. The second kappa shape index (κ2) is 10.2. The number of hydrogen-bond acceptors (Lipinski definition) is 5. The Balaban J connectivity index is 1.49. The SMILES string of the molecule is CCc1nn(C[C@@H](C)COC(=O)c2cc(C)cc(C(F)(F)F)c2)c2c1C(=O)NCC1(CCOCC1)C2. The molecule has 196 valence electrons. The number of halogens is 3. The summed E-state index contributed by atoms with van der Waals surface area (Å²) in [6, 6.07) is 3.19. The van der Waals surface area contributed by atoms with Gasteiger partial charge in [0.15, 0.2) is 0 Å². The van der Waals surface area contributed by atoms with Crippen LogP contribution in [0, 0.1) is 18.3 Å². The lowest BCUT2D eigenvalue weighted by atomic mass is 9.76. The lowest BCUT2D eigenvalue weighted by Gasteiger charge is -2.36. The van der Waals surface area contributed by atoms with Gasteiger partial charge < -0.3 is 14.8 Å². The number of hydrogen-bond donors (Lipinski definition) is 1. The smallest absolute Gasteiger partial charge is 0.416 e. The Morgan fingerprint density at radius 3 is 2.67 bits per heavy atom. The minimum absolute atomic E-state index is 0.00932. The second-order valence-electron chi connectivity index (χ2n) is 10.1. The first-order valence-electron chi connectivity index (χ1n) is 12.3. The third-order valence-electron chi connectivity index (χ3n) is 7.04. The lowest BCUT2D eigenvalue weighted by Crippen LogP contribution is -2.41. The molecule has 1 N–H and O–H groups in total. The van der Waals surface area contributed by atoms with Crippen LogP contribution in [0.1, 0.15) is 69.9 Å². The maximum absolute atomic E-state index is 13.1. The van der Waals surface area contributed by atoms with Crippen molar-refractivity contribution in [3.05, 3.63) is 51.8 Å². The van der Waals surface area contributed by atoms with E-state index in [0.717, 1.165) is 36.4 Å². The van der Waals surface area contributed by atoms with Crippen molar-refractivity contribution in [3.63, 3.8) is 0 Å². The number of amides is 1. The molecule has 0 aliphatic carbocycles. The normalized spacial score (nSPS) is 18.3. The van der Waals surface area contributed by atoms with Crippen molar-refractivity contribution in [2.24, 2.45) is 11.3 Å². The first-order valence-corrected chi connectivity index (χ1v) is 12.3. The average molecular weight is 508 g/mol. The van der Waals surface area contributed by atoms with Gasteiger partial charge in [0.1, 0.15) is 0 Å². The Hall–Kier alpha value is -2.88. The molecule has 2 aliphatic heterocycles. The topological polar surface area (TPSA) is 82.5 Å². The Morgan fingerprint density at radius 1 is 1.28 bits per heavy atom. The number of nitrogens with one attached hydrogen (secondary N) is 1. The van der Waals surface area contributed by atoms with E-state index in [2.05, 4.69) is 5.32 Å². The maximum atomic E-state index is 13.1. The van der Waals surface area contributed by atoms with Crippen molar-refractivity contribution in [3.8, 4) is 0 Å². The summed E-state index contributed by atoms with van der Waals surface area (Å²) in [5.74, 6) is -1.09. The standard InChI is InChI=1S/C26H32F3N3O4/c1-4-20-22-21(12-25(15-30-23(22)33)5-7-35-8-6-25)32(31-20)13-17(3)14-36-24(34)18-9-16(2)10-19(11-18)26(27,28)29/h9-11,17H,4-8,12-15H2,1-3H3,(H,30,33)/t17-/m1/s1. The molecule has 0 unspecified atom stereocenters. The zero-order chi connectivity index (χ0) is 26.1. The van der Waals surface area contributed by atoms with Crippen LogP contribution in [0.2, 0.25) is 0 Å². The van der Waals surface area contributed by atoms with Gasteiger partial charge in [-0.1, -0.05) is 13.8 Å². The summed E-state index contributed by atoms with van der Waals surface area (Å²) in [5.41, 5.74) is 1.48. The molecule has 10 heteroatoms. The predicted octanol–water partition coefficient (Wildman–Crippen LogP) is 4.35. The molecule has 0 bridgehead atoms. The number of aryl methyl sites for hydroxylation is 2. The van der Waals surface area contributed by atoms with Crippen molar-refractivity contribution in [1.82, 2.24) is 15.1 Å². The van der Waals surface area contributed by atoms with Crippen LogP contribution in [-0.2, 0) is 35.0 Å². The van der Waals surface area contributed by atoms with Gasteiger partial charge in [0.2, 0.25) is 0 Å². The van der Waals surface area contributed by atoms with Gasteiger partial charge in [0.05, 0.1) is 34.7 Å². The zero-order valence-corrected chi connectivity index (χ0v) is 20.8. The highest BCUT2D eigenvalue weighted by atomic mass is 19.4. The summed E-state index contributed by atoms with van der Waals surface area (Å²) in [7, 11) is 0. The number of fused-ring (bicyclic) bond motifs is 1. The van der Waals surface area contributed by atoms with Gasteiger partial charge in [0.25, 0.3) is 5.91 Å². The van der Waals surface area contributed by atoms with Gasteiger partial charge >= 0.3 is 12.1 Å². The van der Waals surface area contributed by atoms with Crippen LogP contribution >= 0.6 is 0 Å². The molecule has 1 aromatic carbocycles. The number of aromatic nitrogens is 2. The van der Waals surface area contributed by atoms with Gasteiger partial charge in [-0.2, -0.15) is 18.3 Å². The maximum Gasteiger partial charge on any atom is 0.416 e. The number of rotatable bonds is 6. The van der Waals surface area contributed by atoms with E-state index in [9.17, 15) is 22.8 Å². The van der Waals surface area contributed by atoms with Crippen molar-refractivity contribution < 1.29 is 32.2 Å². The quantitative estimate of drug-likeness (QED) is 0.588. The number of nitrogens with zero attached hydrogens (tertiary/aromatic N) is 2. The number of carbonyl (C=O) groups excluding carboxylic acids is 2. The molecule has 7 nitrogen and oxygen atoms in total. The van der Waals surface area contributed by atoms with E-state index in [1.807, 2.05) is 18.5 Å². The highest BCUT2D eigenvalue weighted by molar-refractivity contribution is 5.97. The van der Waals surface area contributed by atoms with E-state index in [4.69, 9.17) is 14.6 Å². The van der Waals surface area contributed by atoms with Crippen LogP contribution in [0.3, 0.4) is 0 Å². The molecule has 1 amide bonds. The number of esters is 1. The summed E-state index contributed by atoms with van der Waals surface area (Å²) in [6.07, 6.45) is -1.53. The second-order valence-corrected chi connectivity index (χ2v) is 10.1. The molecule has 2 aliphatic rings. The fourth-order valence-electron chi connectivity index (χ4n) is 5.04. The Labute approximate surface area is 208 Å². The largest absolute Gasteiger partial charge is 0.462 e. The highest BCUT2D eigenvalue weighted by Crippen LogP contribution is 2.37. The van der Waals surface area contributed by atoms with E-state index >= 15 is 0 Å². The Bertz CT molecular complexity index is 1140. The van der Waals surface area contributed by atoms with Crippen LogP contribution < -0.4 is 5.32 Å². The van der Waals surface area contributed by atoms with Crippen LogP contribution in [0.15, 0.2) is 18.2 Å². The van der Waals surface area contributed by atoms with Crippen LogP contribution in [-0.4, -0.2) is 48.0 Å². The third kappa shape index (κ3) is 5.58. The van der Waals surface area contributed by atoms with E-state index in [1.54, 1.807) is 0 Å². The molecular weight excluding hydrogens is 475 g/mol. The summed E-state index contributed by atoms with van der Waals surface area (Å²) in [5, 5.41) is 7.80. The van der Waals surface area contributed by atoms with Crippen molar-refractivity contribution in [1.29, 1.82) is 0 Å². The average Bonchev–Trinajstić information content (AvgIpc) is 3.10. The first kappa shape index (κ1) is 26.2. The minimum atomic E-state index is -4.54. The van der Waals surface area contributed by atoms with E-state index in [-0.39, 0.29) is 29.4 Å². The summed E-state index contributed by atoms with van der Waals surface area (Å²) < 4.78 is 52.2. The molecular formula is C26H32F3N3O4. The van der Waals surface area contributed by atoms with E-state index in [1.165, 1.54) is 13.0 Å². The van der Waals surface area contributed by atoms with Gasteiger partial charge in [-0.25, -0.2) is 4.79 Å². The van der Waals surface area contributed by atoms with E-state index < -0.39 is 17.7 Å². The molecule has 1 spiro atoms. The fourth-order valence-corrected chi connectivity index (χ4v) is 5.04.